The molecule has 106 valence electrons. The van der Waals surface area contributed by atoms with Gasteiger partial charge >= 0.3 is 0 Å². The van der Waals surface area contributed by atoms with Gasteiger partial charge in [-0.05, 0) is 44.5 Å². The molecule has 1 aromatic rings. The molecule has 1 heterocycles. The van der Waals surface area contributed by atoms with Gasteiger partial charge in [0.25, 0.3) is 0 Å². The summed E-state index contributed by atoms with van der Waals surface area (Å²) in [6.45, 7) is 5.00. The second-order valence-corrected chi connectivity index (χ2v) is 5.76. The van der Waals surface area contributed by atoms with Gasteiger partial charge in [-0.15, -0.1) is 0 Å². The molecule has 19 heavy (non-hydrogen) atoms. The third-order valence-electron chi connectivity index (χ3n) is 3.91. The lowest BCUT2D eigenvalue weighted by molar-refractivity contribution is 0.395. The Balaban J connectivity index is 2.16. The van der Waals surface area contributed by atoms with Crippen molar-refractivity contribution in [1.82, 2.24) is 4.90 Å². The molecule has 2 atom stereocenters. The number of hydrogen-bond donors (Lipinski definition) is 1. The van der Waals surface area contributed by atoms with Gasteiger partial charge in [0.05, 0.1) is 5.69 Å². The molecule has 2 N–H and O–H groups in total. The van der Waals surface area contributed by atoms with Crippen LogP contribution in [-0.4, -0.2) is 38.6 Å². The van der Waals surface area contributed by atoms with E-state index in [1.807, 2.05) is 24.9 Å². The van der Waals surface area contributed by atoms with Crippen molar-refractivity contribution in [2.24, 2.45) is 11.7 Å². The monoisotopic (exact) mass is 265 g/mol. The Morgan fingerprint density at radius 2 is 2.26 bits per heavy atom. The van der Waals surface area contributed by atoms with Crippen molar-refractivity contribution >= 4 is 5.69 Å². The van der Waals surface area contributed by atoms with Crippen molar-refractivity contribution in [2.75, 3.05) is 38.6 Å². The molecule has 0 aliphatic carbocycles. The average molecular weight is 265 g/mol. The predicted octanol–water partition coefficient (Wildman–Crippen LogP) is 2.23. The zero-order chi connectivity index (χ0) is 14.0. The molecule has 1 fully saturated rings. The van der Waals surface area contributed by atoms with Crippen molar-refractivity contribution in [2.45, 2.75) is 19.4 Å². The molecule has 2 unspecified atom stereocenters. The Kier molecular flexibility index (Phi) is 4.42. The minimum atomic E-state index is -0.177. The molecule has 1 aromatic carbocycles. The van der Waals surface area contributed by atoms with Gasteiger partial charge < -0.3 is 15.5 Å². The molecular formula is C15H24FN3. The fourth-order valence-corrected chi connectivity index (χ4v) is 2.96. The number of nitrogens with zero attached hydrogens (tertiary/aromatic N) is 2. The summed E-state index contributed by atoms with van der Waals surface area (Å²) in [5.41, 5.74) is 7.49. The number of halogens is 1. The van der Waals surface area contributed by atoms with Crippen LogP contribution in [0.25, 0.3) is 0 Å². The third kappa shape index (κ3) is 3.25. The van der Waals surface area contributed by atoms with E-state index in [1.54, 1.807) is 6.07 Å². The summed E-state index contributed by atoms with van der Waals surface area (Å²) in [5.74, 6) is 0.430. The summed E-state index contributed by atoms with van der Waals surface area (Å²) >= 11 is 0. The van der Waals surface area contributed by atoms with E-state index >= 15 is 0 Å². The van der Waals surface area contributed by atoms with E-state index in [1.165, 1.54) is 12.5 Å². The van der Waals surface area contributed by atoms with Gasteiger partial charge in [0.1, 0.15) is 5.82 Å². The third-order valence-corrected chi connectivity index (χ3v) is 3.91. The summed E-state index contributed by atoms with van der Waals surface area (Å²) in [7, 11) is 4.10. The molecule has 2 rings (SSSR count). The van der Waals surface area contributed by atoms with Crippen molar-refractivity contribution in [1.29, 1.82) is 0 Å². The van der Waals surface area contributed by atoms with Gasteiger partial charge in [0.15, 0.2) is 0 Å². The van der Waals surface area contributed by atoms with Crippen molar-refractivity contribution in [3.8, 4) is 0 Å². The standard InChI is InChI=1S/C15H24FN3/c1-11(17)13-5-4-6-14(16)15(13)19(3)10-12-7-8-18(2)9-12/h4-6,11-12H,7-10,17H2,1-3H3. The number of hydrogen-bond acceptors (Lipinski definition) is 3. The van der Waals surface area contributed by atoms with E-state index in [2.05, 4.69) is 11.9 Å². The average Bonchev–Trinajstić information content (AvgIpc) is 2.74. The lowest BCUT2D eigenvalue weighted by atomic mass is 10.0. The summed E-state index contributed by atoms with van der Waals surface area (Å²) in [6.07, 6.45) is 1.18. The SMILES string of the molecule is CC(N)c1cccc(F)c1N(C)CC1CCN(C)C1. The lowest BCUT2D eigenvalue weighted by Gasteiger charge is -2.27. The van der Waals surface area contributed by atoms with Gasteiger partial charge in [-0.3, -0.25) is 0 Å². The summed E-state index contributed by atoms with van der Waals surface area (Å²) in [5, 5.41) is 0. The smallest absolute Gasteiger partial charge is 0.146 e. The number of anilines is 1. The highest BCUT2D eigenvalue weighted by Crippen LogP contribution is 2.29. The van der Waals surface area contributed by atoms with Crippen LogP contribution in [-0.2, 0) is 0 Å². The molecule has 1 aliphatic rings. The van der Waals surface area contributed by atoms with Gasteiger partial charge in [0.2, 0.25) is 0 Å². The minimum absolute atomic E-state index is 0.153. The maximum atomic E-state index is 14.1. The van der Waals surface area contributed by atoms with Crippen LogP contribution in [0, 0.1) is 11.7 Å². The maximum Gasteiger partial charge on any atom is 0.146 e. The summed E-state index contributed by atoms with van der Waals surface area (Å²) in [6, 6.07) is 5.01. The fraction of sp³-hybridized carbons (Fsp3) is 0.600. The van der Waals surface area contributed by atoms with E-state index in [-0.39, 0.29) is 11.9 Å². The molecule has 4 heteroatoms. The van der Waals surface area contributed by atoms with E-state index in [9.17, 15) is 4.39 Å². The Hall–Kier alpha value is -1.13. The van der Waals surface area contributed by atoms with Gasteiger partial charge in [-0.1, -0.05) is 12.1 Å². The molecule has 1 aliphatic heterocycles. The molecule has 0 saturated carbocycles. The van der Waals surface area contributed by atoms with Crippen LogP contribution < -0.4 is 10.6 Å². The highest BCUT2D eigenvalue weighted by Gasteiger charge is 2.23. The quantitative estimate of drug-likeness (QED) is 0.906. The van der Waals surface area contributed by atoms with Crippen molar-refractivity contribution in [3.63, 3.8) is 0 Å². The highest BCUT2D eigenvalue weighted by molar-refractivity contribution is 5.55. The first kappa shape index (κ1) is 14.3. The molecule has 3 nitrogen and oxygen atoms in total. The molecule has 0 spiro atoms. The second kappa shape index (κ2) is 5.88. The zero-order valence-electron chi connectivity index (χ0n) is 12.1. The predicted molar refractivity (Wildman–Crippen MR) is 77.9 cm³/mol. The number of nitrogens with two attached hydrogens (primary N) is 1. The van der Waals surface area contributed by atoms with Gasteiger partial charge in [0, 0.05) is 26.2 Å². The Morgan fingerprint density at radius 3 is 2.84 bits per heavy atom. The van der Waals surface area contributed by atoms with Crippen LogP contribution in [0.15, 0.2) is 18.2 Å². The van der Waals surface area contributed by atoms with Crippen molar-refractivity contribution < 1.29 is 4.39 Å². The number of rotatable bonds is 4. The molecule has 1 saturated heterocycles. The van der Waals surface area contributed by atoms with Gasteiger partial charge in [-0.2, -0.15) is 0 Å². The molecule has 0 amide bonds. The van der Waals surface area contributed by atoms with Crippen LogP contribution in [0.1, 0.15) is 24.9 Å². The zero-order valence-corrected chi connectivity index (χ0v) is 12.1. The van der Waals surface area contributed by atoms with Crippen LogP contribution in [0.2, 0.25) is 0 Å². The van der Waals surface area contributed by atoms with Gasteiger partial charge in [-0.25, -0.2) is 4.39 Å². The first-order valence-corrected chi connectivity index (χ1v) is 6.92. The van der Waals surface area contributed by atoms with Crippen LogP contribution >= 0.6 is 0 Å². The Bertz CT molecular complexity index is 433. The van der Waals surface area contributed by atoms with E-state index in [0.717, 1.165) is 25.2 Å². The first-order chi connectivity index (χ1) is 8.99. The highest BCUT2D eigenvalue weighted by atomic mass is 19.1. The molecule has 0 bridgehead atoms. The normalized spacial score (nSPS) is 21.6. The minimum Gasteiger partial charge on any atom is -0.372 e. The topological polar surface area (TPSA) is 32.5 Å². The molecule has 0 aromatic heterocycles. The Labute approximate surface area is 115 Å². The largest absolute Gasteiger partial charge is 0.372 e. The number of para-hydroxylation sites is 1. The first-order valence-electron chi connectivity index (χ1n) is 6.92. The van der Waals surface area contributed by atoms with Crippen LogP contribution in [0.4, 0.5) is 10.1 Å². The summed E-state index contributed by atoms with van der Waals surface area (Å²) in [4.78, 5) is 4.35. The van der Waals surface area contributed by atoms with Crippen molar-refractivity contribution in [3.05, 3.63) is 29.6 Å². The van der Waals surface area contributed by atoms with E-state index in [0.29, 0.717) is 11.6 Å². The lowest BCUT2D eigenvalue weighted by Crippen LogP contribution is -2.29. The second-order valence-electron chi connectivity index (χ2n) is 5.76. The van der Waals surface area contributed by atoms with Crippen LogP contribution in [0.3, 0.4) is 0 Å². The fourth-order valence-electron chi connectivity index (χ4n) is 2.96. The molecular weight excluding hydrogens is 241 g/mol. The van der Waals surface area contributed by atoms with E-state index in [4.69, 9.17) is 5.73 Å². The summed E-state index contributed by atoms with van der Waals surface area (Å²) < 4.78 is 14.1. The Morgan fingerprint density at radius 1 is 1.53 bits per heavy atom. The molecule has 0 radical (unpaired) electrons. The van der Waals surface area contributed by atoms with Crippen LogP contribution in [0.5, 0.6) is 0 Å². The maximum absolute atomic E-state index is 14.1. The number of likely N-dealkylation sites (tertiary alicyclic amines) is 1. The van der Waals surface area contributed by atoms with E-state index < -0.39 is 0 Å². The number of benzene rings is 1.